The minimum absolute atomic E-state index is 0.484. The number of hydrogen-bond donors (Lipinski definition) is 1. The summed E-state index contributed by atoms with van der Waals surface area (Å²) in [5, 5.41) is 3.59. The summed E-state index contributed by atoms with van der Waals surface area (Å²) in [6.45, 7) is 7.20. The van der Waals surface area contributed by atoms with E-state index in [1.54, 1.807) is 0 Å². The van der Waals surface area contributed by atoms with Crippen LogP contribution in [0.15, 0.2) is 0 Å². The fourth-order valence-corrected chi connectivity index (χ4v) is 3.39. The van der Waals surface area contributed by atoms with Gasteiger partial charge in [0, 0.05) is 25.7 Å². The standard InChI is InChI=1S/C15H28N2O/c1-12-3-2-8-17(10-12)11-15-7-6-14(18-15)9-16-13-4-5-13/h12-16H,2-11H2,1H3. The lowest BCUT2D eigenvalue weighted by atomic mass is 10.00. The molecule has 1 aliphatic carbocycles. The van der Waals surface area contributed by atoms with E-state index in [1.807, 2.05) is 0 Å². The van der Waals surface area contributed by atoms with E-state index in [1.165, 1.54) is 58.2 Å². The van der Waals surface area contributed by atoms with Crippen LogP contribution in [0, 0.1) is 5.92 Å². The number of rotatable bonds is 5. The highest BCUT2D eigenvalue weighted by Crippen LogP contribution is 2.24. The van der Waals surface area contributed by atoms with Crippen molar-refractivity contribution in [1.29, 1.82) is 0 Å². The van der Waals surface area contributed by atoms with Crippen LogP contribution in [0.3, 0.4) is 0 Å². The van der Waals surface area contributed by atoms with Crippen LogP contribution < -0.4 is 5.32 Å². The van der Waals surface area contributed by atoms with E-state index in [2.05, 4.69) is 17.1 Å². The van der Waals surface area contributed by atoms with Gasteiger partial charge in [-0.1, -0.05) is 6.92 Å². The van der Waals surface area contributed by atoms with E-state index in [0.29, 0.717) is 12.2 Å². The molecule has 0 bridgehead atoms. The molecule has 0 aromatic carbocycles. The van der Waals surface area contributed by atoms with Gasteiger partial charge in [0.2, 0.25) is 0 Å². The van der Waals surface area contributed by atoms with Crippen molar-refractivity contribution < 1.29 is 4.74 Å². The molecule has 0 spiro atoms. The normalized spacial score (nSPS) is 38.2. The van der Waals surface area contributed by atoms with Gasteiger partial charge in [-0.05, 0) is 51.0 Å². The van der Waals surface area contributed by atoms with Crippen LogP contribution in [0.2, 0.25) is 0 Å². The fraction of sp³-hybridized carbons (Fsp3) is 1.00. The number of likely N-dealkylation sites (tertiary alicyclic amines) is 1. The Morgan fingerprint density at radius 3 is 2.72 bits per heavy atom. The first-order valence-corrected chi connectivity index (χ1v) is 7.91. The predicted octanol–water partition coefficient (Wildman–Crippen LogP) is 2.02. The third-order valence-corrected chi connectivity index (χ3v) is 4.61. The zero-order valence-corrected chi connectivity index (χ0v) is 11.7. The average Bonchev–Trinajstić information content (AvgIpc) is 3.08. The lowest BCUT2D eigenvalue weighted by molar-refractivity contribution is 0.0157. The molecule has 3 aliphatic rings. The minimum Gasteiger partial charge on any atom is -0.372 e. The molecule has 0 amide bonds. The molecule has 0 aromatic rings. The van der Waals surface area contributed by atoms with Crippen molar-refractivity contribution >= 4 is 0 Å². The van der Waals surface area contributed by atoms with E-state index < -0.39 is 0 Å². The zero-order valence-electron chi connectivity index (χ0n) is 11.7. The lowest BCUT2D eigenvalue weighted by Gasteiger charge is -2.32. The zero-order chi connectivity index (χ0) is 12.4. The molecule has 3 atom stereocenters. The smallest absolute Gasteiger partial charge is 0.0707 e. The lowest BCUT2D eigenvalue weighted by Crippen LogP contribution is -2.40. The maximum atomic E-state index is 6.17. The number of nitrogens with one attached hydrogen (secondary N) is 1. The van der Waals surface area contributed by atoms with Crippen LogP contribution in [-0.4, -0.2) is 49.3 Å². The number of ether oxygens (including phenoxy) is 1. The van der Waals surface area contributed by atoms with Crippen molar-refractivity contribution in [3.05, 3.63) is 0 Å². The largest absolute Gasteiger partial charge is 0.372 e. The molecule has 2 saturated heterocycles. The molecule has 2 aliphatic heterocycles. The van der Waals surface area contributed by atoms with Gasteiger partial charge in [-0.25, -0.2) is 0 Å². The maximum Gasteiger partial charge on any atom is 0.0707 e. The van der Waals surface area contributed by atoms with Crippen molar-refractivity contribution in [2.45, 2.75) is 63.7 Å². The van der Waals surface area contributed by atoms with E-state index in [0.717, 1.165) is 18.5 Å². The summed E-state index contributed by atoms with van der Waals surface area (Å²) < 4.78 is 6.17. The molecule has 0 aromatic heterocycles. The quantitative estimate of drug-likeness (QED) is 0.810. The topological polar surface area (TPSA) is 24.5 Å². The van der Waals surface area contributed by atoms with Gasteiger partial charge in [0.25, 0.3) is 0 Å². The van der Waals surface area contributed by atoms with Gasteiger partial charge < -0.3 is 15.0 Å². The highest BCUT2D eigenvalue weighted by Gasteiger charge is 2.29. The van der Waals surface area contributed by atoms with E-state index in [9.17, 15) is 0 Å². The summed E-state index contributed by atoms with van der Waals surface area (Å²) in [6, 6.07) is 0.815. The first-order chi connectivity index (χ1) is 8.79. The highest BCUT2D eigenvalue weighted by atomic mass is 16.5. The first-order valence-electron chi connectivity index (χ1n) is 7.91. The number of hydrogen-bond acceptors (Lipinski definition) is 3. The molecular weight excluding hydrogens is 224 g/mol. The predicted molar refractivity (Wildman–Crippen MR) is 73.8 cm³/mol. The molecule has 3 heteroatoms. The maximum absolute atomic E-state index is 6.17. The monoisotopic (exact) mass is 252 g/mol. The van der Waals surface area contributed by atoms with Crippen molar-refractivity contribution in [3.8, 4) is 0 Å². The van der Waals surface area contributed by atoms with E-state index in [4.69, 9.17) is 4.74 Å². The van der Waals surface area contributed by atoms with Crippen LogP contribution in [0.1, 0.15) is 45.4 Å². The van der Waals surface area contributed by atoms with Gasteiger partial charge in [-0.3, -0.25) is 0 Å². The number of piperidine rings is 1. The molecule has 0 radical (unpaired) electrons. The summed E-state index contributed by atoms with van der Waals surface area (Å²) in [6.07, 6.45) is 9.05. The van der Waals surface area contributed by atoms with E-state index in [-0.39, 0.29) is 0 Å². The average molecular weight is 252 g/mol. The van der Waals surface area contributed by atoms with Crippen LogP contribution in [0.5, 0.6) is 0 Å². The Morgan fingerprint density at radius 2 is 1.94 bits per heavy atom. The molecule has 3 rings (SSSR count). The Bertz CT molecular complexity index is 267. The summed E-state index contributed by atoms with van der Waals surface area (Å²) in [5.41, 5.74) is 0. The van der Waals surface area contributed by atoms with Crippen LogP contribution in [0.25, 0.3) is 0 Å². The Labute approximate surface area is 111 Å². The Balaban J connectivity index is 1.35. The Morgan fingerprint density at radius 1 is 1.11 bits per heavy atom. The molecule has 104 valence electrons. The van der Waals surface area contributed by atoms with Crippen molar-refractivity contribution in [1.82, 2.24) is 10.2 Å². The van der Waals surface area contributed by atoms with Crippen molar-refractivity contribution in [3.63, 3.8) is 0 Å². The fourth-order valence-electron chi connectivity index (χ4n) is 3.39. The second-order valence-corrected chi connectivity index (χ2v) is 6.65. The van der Waals surface area contributed by atoms with Crippen LogP contribution in [-0.2, 0) is 4.74 Å². The van der Waals surface area contributed by atoms with E-state index >= 15 is 0 Å². The molecule has 2 heterocycles. The molecule has 3 unspecified atom stereocenters. The first kappa shape index (κ1) is 12.9. The SMILES string of the molecule is CC1CCCN(CC2CCC(CNC3CC3)O2)C1. The molecule has 1 saturated carbocycles. The third kappa shape index (κ3) is 3.69. The van der Waals surface area contributed by atoms with Gasteiger partial charge in [0.1, 0.15) is 0 Å². The Kier molecular flexibility index (Phi) is 4.22. The molecule has 3 nitrogen and oxygen atoms in total. The summed E-state index contributed by atoms with van der Waals surface area (Å²) in [4.78, 5) is 2.62. The van der Waals surface area contributed by atoms with Crippen molar-refractivity contribution in [2.75, 3.05) is 26.2 Å². The van der Waals surface area contributed by atoms with Gasteiger partial charge in [0.05, 0.1) is 12.2 Å². The molecule has 1 N–H and O–H groups in total. The summed E-state index contributed by atoms with van der Waals surface area (Å²) in [5.74, 6) is 0.882. The molecule has 18 heavy (non-hydrogen) atoms. The molecular formula is C15H28N2O. The minimum atomic E-state index is 0.484. The summed E-state index contributed by atoms with van der Waals surface area (Å²) in [7, 11) is 0. The molecule has 3 fully saturated rings. The highest BCUT2D eigenvalue weighted by molar-refractivity contribution is 4.85. The van der Waals surface area contributed by atoms with Crippen LogP contribution in [0.4, 0.5) is 0 Å². The second kappa shape index (κ2) is 5.89. The van der Waals surface area contributed by atoms with Gasteiger partial charge in [-0.2, -0.15) is 0 Å². The second-order valence-electron chi connectivity index (χ2n) is 6.65. The van der Waals surface area contributed by atoms with Crippen LogP contribution >= 0.6 is 0 Å². The van der Waals surface area contributed by atoms with Gasteiger partial charge in [-0.15, -0.1) is 0 Å². The van der Waals surface area contributed by atoms with Gasteiger partial charge >= 0.3 is 0 Å². The summed E-state index contributed by atoms with van der Waals surface area (Å²) >= 11 is 0. The Hall–Kier alpha value is -0.120. The van der Waals surface area contributed by atoms with Crippen molar-refractivity contribution in [2.24, 2.45) is 5.92 Å². The number of nitrogens with zero attached hydrogens (tertiary/aromatic N) is 1. The van der Waals surface area contributed by atoms with Gasteiger partial charge in [0.15, 0.2) is 0 Å². The third-order valence-electron chi connectivity index (χ3n) is 4.61.